The maximum atomic E-state index is 12.3. The summed E-state index contributed by atoms with van der Waals surface area (Å²) in [5.74, 6) is 0.922. The van der Waals surface area contributed by atoms with Gasteiger partial charge in [-0.2, -0.15) is 0 Å². The van der Waals surface area contributed by atoms with Gasteiger partial charge in [-0.3, -0.25) is 9.59 Å². The molecule has 5 nitrogen and oxygen atoms in total. The van der Waals surface area contributed by atoms with Crippen molar-refractivity contribution in [3.63, 3.8) is 0 Å². The minimum absolute atomic E-state index is 0.0442. The highest BCUT2D eigenvalue weighted by atomic mass is 16.5. The maximum absolute atomic E-state index is 12.3. The number of hydrogen-bond acceptors (Lipinski definition) is 3. The van der Waals surface area contributed by atoms with Crippen LogP contribution in [0.3, 0.4) is 0 Å². The standard InChI is InChI=1S/C19H34N2O3/c1-15(2)24-12-6-11-20-19(23)17-9-10-18(22)21(14-17)13-16-7-4-3-5-8-16/h15-17H,3-14H2,1-2H3,(H,20,23)/t17-/m1/s1. The number of piperidine rings is 1. The molecule has 1 saturated heterocycles. The van der Waals surface area contributed by atoms with Gasteiger partial charge in [0, 0.05) is 32.7 Å². The second kappa shape index (κ2) is 10.0. The van der Waals surface area contributed by atoms with Crippen LogP contribution in [0.15, 0.2) is 0 Å². The summed E-state index contributed by atoms with van der Waals surface area (Å²) in [5.41, 5.74) is 0. The van der Waals surface area contributed by atoms with Gasteiger partial charge in [-0.15, -0.1) is 0 Å². The predicted molar refractivity (Wildman–Crippen MR) is 94.6 cm³/mol. The average Bonchev–Trinajstić information content (AvgIpc) is 2.57. The monoisotopic (exact) mass is 338 g/mol. The van der Waals surface area contributed by atoms with Crippen LogP contribution in [-0.2, 0) is 14.3 Å². The number of nitrogens with one attached hydrogen (secondary N) is 1. The van der Waals surface area contributed by atoms with Crippen LogP contribution in [0.2, 0.25) is 0 Å². The summed E-state index contributed by atoms with van der Waals surface area (Å²) in [4.78, 5) is 26.5. The average molecular weight is 338 g/mol. The van der Waals surface area contributed by atoms with E-state index in [1.807, 2.05) is 18.7 Å². The van der Waals surface area contributed by atoms with Gasteiger partial charge in [0.05, 0.1) is 12.0 Å². The van der Waals surface area contributed by atoms with E-state index in [4.69, 9.17) is 4.74 Å². The van der Waals surface area contributed by atoms with Crippen molar-refractivity contribution in [2.24, 2.45) is 11.8 Å². The normalized spacial score (nSPS) is 22.9. The summed E-state index contributed by atoms with van der Waals surface area (Å²) in [5, 5.41) is 3.01. The van der Waals surface area contributed by atoms with Gasteiger partial charge in [0.25, 0.3) is 0 Å². The van der Waals surface area contributed by atoms with Crippen molar-refractivity contribution < 1.29 is 14.3 Å². The van der Waals surface area contributed by atoms with Gasteiger partial charge in [-0.05, 0) is 45.4 Å². The fourth-order valence-electron chi connectivity index (χ4n) is 3.73. The van der Waals surface area contributed by atoms with Crippen LogP contribution in [-0.4, -0.2) is 49.1 Å². The summed E-state index contributed by atoms with van der Waals surface area (Å²) >= 11 is 0. The van der Waals surface area contributed by atoms with E-state index in [2.05, 4.69) is 5.32 Å². The first-order valence-electron chi connectivity index (χ1n) is 9.73. The molecule has 1 aliphatic heterocycles. The Morgan fingerprint density at radius 1 is 1.25 bits per heavy atom. The zero-order valence-corrected chi connectivity index (χ0v) is 15.4. The number of carbonyl (C=O) groups is 2. The Morgan fingerprint density at radius 2 is 2.00 bits per heavy atom. The third-order valence-electron chi connectivity index (χ3n) is 5.15. The largest absolute Gasteiger partial charge is 0.379 e. The molecule has 2 fully saturated rings. The van der Waals surface area contributed by atoms with Crippen LogP contribution >= 0.6 is 0 Å². The molecule has 0 bridgehead atoms. The Morgan fingerprint density at radius 3 is 2.71 bits per heavy atom. The van der Waals surface area contributed by atoms with E-state index in [-0.39, 0.29) is 23.8 Å². The third kappa shape index (κ3) is 6.42. The number of ether oxygens (including phenoxy) is 1. The van der Waals surface area contributed by atoms with E-state index in [0.717, 1.165) is 13.0 Å². The van der Waals surface area contributed by atoms with Crippen LogP contribution in [0.1, 0.15) is 65.2 Å². The summed E-state index contributed by atoms with van der Waals surface area (Å²) < 4.78 is 5.48. The molecule has 24 heavy (non-hydrogen) atoms. The van der Waals surface area contributed by atoms with Crippen LogP contribution in [0.4, 0.5) is 0 Å². The molecule has 0 radical (unpaired) electrons. The van der Waals surface area contributed by atoms with Crippen molar-refractivity contribution >= 4 is 11.8 Å². The molecular weight excluding hydrogens is 304 g/mol. The molecule has 138 valence electrons. The molecule has 1 aliphatic carbocycles. The maximum Gasteiger partial charge on any atom is 0.224 e. The zero-order valence-electron chi connectivity index (χ0n) is 15.4. The van der Waals surface area contributed by atoms with E-state index in [1.54, 1.807) is 0 Å². The van der Waals surface area contributed by atoms with Gasteiger partial charge >= 0.3 is 0 Å². The van der Waals surface area contributed by atoms with Gasteiger partial charge in [-0.1, -0.05) is 19.3 Å². The van der Waals surface area contributed by atoms with Gasteiger partial charge < -0.3 is 15.0 Å². The lowest BCUT2D eigenvalue weighted by Crippen LogP contribution is -2.47. The quantitative estimate of drug-likeness (QED) is 0.692. The smallest absolute Gasteiger partial charge is 0.224 e. The lowest BCUT2D eigenvalue weighted by atomic mass is 9.87. The molecule has 1 saturated carbocycles. The van der Waals surface area contributed by atoms with Crippen LogP contribution in [0.5, 0.6) is 0 Å². The van der Waals surface area contributed by atoms with Crippen LogP contribution in [0, 0.1) is 11.8 Å². The van der Waals surface area contributed by atoms with E-state index < -0.39 is 0 Å². The Hall–Kier alpha value is -1.10. The summed E-state index contributed by atoms with van der Waals surface area (Å²) in [6.45, 7) is 6.80. The Balaban J connectivity index is 1.70. The first-order chi connectivity index (χ1) is 11.6. The van der Waals surface area contributed by atoms with Gasteiger partial charge in [0.15, 0.2) is 0 Å². The number of amides is 2. The molecule has 1 heterocycles. The lowest BCUT2D eigenvalue weighted by Gasteiger charge is -2.35. The number of hydrogen-bond donors (Lipinski definition) is 1. The van der Waals surface area contributed by atoms with Gasteiger partial charge in [0.1, 0.15) is 0 Å². The SMILES string of the molecule is CC(C)OCCCNC(=O)[C@@H]1CCC(=O)N(CC2CCCCC2)C1. The van der Waals surface area contributed by atoms with Crippen molar-refractivity contribution in [1.82, 2.24) is 10.2 Å². The molecule has 0 aromatic heterocycles. The molecule has 5 heteroatoms. The number of likely N-dealkylation sites (tertiary alicyclic amines) is 1. The fourth-order valence-corrected chi connectivity index (χ4v) is 3.73. The van der Waals surface area contributed by atoms with Crippen molar-refractivity contribution in [2.45, 2.75) is 71.3 Å². The molecule has 2 aliphatic rings. The Bertz CT molecular complexity index is 405. The minimum atomic E-state index is -0.0442. The molecule has 0 unspecified atom stereocenters. The van der Waals surface area contributed by atoms with E-state index in [9.17, 15) is 9.59 Å². The molecule has 2 amide bonds. The zero-order chi connectivity index (χ0) is 17.4. The summed E-state index contributed by atoms with van der Waals surface area (Å²) in [6, 6.07) is 0. The van der Waals surface area contributed by atoms with Crippen LogP contribution < -0.4 is 5.32 Å². The second-order valence-corrected chi connectivity index (χ2v) is 7.60. The van der Waals surface area contributed by atoms with Gasteiger partial charge in [0.2, 0.25) is 11.8 Å². The number of nitrogens with zero attached hydrogens (tertiary/aromatic N) is 1. The minimum Gasteiger partial charge on any atom is -0.379 e. The van der Waals surface area contributed by atoms with Crippen molar-refractivity contribution in [3.8, 4) is 0 Å². The molecule has 0 aromatic carbocycles. The van der Waals surface area contributed by atoms with E-state index in [1.165, 1.54) is 32.1 Å². The highest BCUT2D eigenvalue weighted by molar-refractivity contribution is 5.83. The lowest BCUT2D eigenvalue weighted by molar-refractivity contribution is -0.139. The first-order valence-corrected chi connectivity index (χ1v) is 9.73. The molecule has 2 rings (SSSR count). The topological polar surface area (TPSA) is 58.6 Å². The van der Waals surface area contributed by atoms with Gasteiger partial charge in [-0.25, -0.2) is 0 Å². The van der Waals surface area contributed by atoms with Crippen LogP contribution in [0.25, 0.3) is 0 Å². The molecule has 0 aromatic rings. The summed E-state index contributed by atoms with van der Waals surface area (Å²) in [7, 11) is 0. The molecule has 1 atom stereocenters. The Labute approximate surface area is 146 Å². The Kier molecular flexibility index (Phi) is 8.03. The summed E-state index contributed by atoms with van der Waals surface area (Å²) in [6.07, 6.45) is 8.64. The fraction of sp³-hybridized carbons (Fsp3) is 0.895. The highest BCUT2D eigenvalue weighted by Crippen LogP contribution is 2.27. The highest BCUT2D eigenvalue weighted by Gasteiger charge is 2.31. The van der Waals surface area contributed by atoms with Crippen molar-refractivity contribution in [1.29, 1.82) is 0 Å². The number of rotatable bonds is 8. The van der Waals surface area contributed by atoms with Crippen molar-refractivity contribution in [3.05, 3.63) is 0 Å². The van der Waals surface area contributed by atoms with Crippen molar-refractivity contribution in [2.75, 3.05) is 26.2 Å². The first kappa shape index (κ1) is 19.2. The third-order valence-corrected chi connectivity index (χ3v) is 5.15. The number of carbonyl (C=O) groups excluding carboxylic acids is 2. The second-order valence-electron chi connectivity index (χ2n) is 7.60. The van der Waals surface area contributed by atoms with E-state index >= 15 is 0 Å². The molecule has 0 spiro atoms. The van der Waals surface area contributed by atoms with E-state index in [0.29, 0.717) is 38.5 Å². The molecular formula is C19H34N2O3. The molecule has 1 N–H and O–H groups in total. The predicted octanol–water partition coefficient (Wildman–Crippen LogP) is 2.74.